The molecule has 0 aliphatic carbocycles. The third-order valence-corrected chi connectivity index (χ3v) is 4.64. The number of rotatable bonds is 4. The molecule has 0 saturated carbocycles. The molecule has 1 aliphatic rings. The maximum atomic E-state index is 13.5. The van der Waals surface area contributed by atoms with E-state index >= 15 is 0 Å². The molecule has 1 aromatic carbocycles. The zero-order valence-electron chi connectivity index (χ0n) is 16.6. The number of carbonyl (C=O) groups excluding carboxylic acids is 2. The van der Waals surface area contributed by atoms with Crippen LogP contribution >= 0.6 is 0 Å². The van der Waals surface area contributed by atoms with E-state index in [4.69, 9.17) is 10.00 Å². The number of halogens is 2. The van der Waals surface area contributed by atoms with E-state index in [1.54, 1.807) is 37.4 Å². The van der Waals surface area contributed by atoms with Crippen molar-refractivity contribution in [3.8, 4) is 23.7 Å². The van der Waals surface area contributed by atoms with Crippen LogP contribution in [-0.4, -0.2) is 53.9 Å². The van der Waals surface area contributed by atoms with Crippen molar-refractivity contribution in [2.24, 2.45) is 0 Å². The van der Waals surface area contributed by atoms with Crippen molar-refractivity contribution in [1.29, 1.82) is 5.26 Å². The van der Waals surface area contributed by atoms with Crippen molar-refractivity contribution in [3.05, 3.63) is 59.4 Å². The van der Waals surface area contributed by atoms with E-state index in [1.165, 1.54) is 18.5 Å². The number of methoxy groups -OCH3 is 1. The maximum absolute atomic E-state index is 13.5. The molecular weight excluding hydrogens is 406 g/mol. The fourth-order valence-electron chi connectivity index (χ4n) is 3.05. The first-order chi connectivity index (χ1) is 14.8. The molecule has 3 rings (SSSR count). The normalized spacial score (nSPS) is 16.6. The van der Waals surface area contributed by atoms with Crippen molar-refractivity contribution in [3.63, 3.8) is 0 Å². The molecule has 1 fully saturated rings. The van der Waals surface area contributed by atoms with Crippen LogP contribution in [0.2, 0.25) is 0 Å². The summed E-state index contributed by atoms with van der Waals surface area (Å²) in [4.78, 5) is 29.6. The molecule has 0 bridgehead atoms. The molecule has 9 heteroatoms. The van der Waals surface area contributed by atoms with Crippen LogP contribution in [0.3, 0.4) is 0 Å². The Hall–Kier alpha value is -3.98. The van der Waals surface area contributed by atoms with Gasteiger partial charge in [0.05, 0.1) is 37.4 Å². The van der Waals surface area contributed by atoms with Gasteiger partial charge in [-0.1, -0.05) is 11.8 Å². The Morgan fingerprint density at radius 2 is 2.03 bits per heavy atom. The van der Waals surface area contributed by atoms with Gasteiger partial charge in [-0.25, -0.2) is 8.78 Å². The van der Waals surface area contributed by atoms with Gasteiger partial charge in [0, 0.05) is 24.4 Å². The van der Waals surface area contributed by atoms with Gasteiger partial charge >= 0.3 is 0 Å². The van der Waals surface area contributed by atoms with Crippen molar-refractivity contribution in [2.75, 3.05) is 20.2 Å². The van der Waals surface area contributed by atoms with E-state index in [0.29, 0.717) is 16.9 Å². The molecule has 1 saturated heterocycles. The first-order valence-corrected chi connectivity index (χ1v) is 9.28. The molecule has 1 N–H and O–H groups in total. The van der Waals surface area contributed by atoms with Crippen molar-refractivity contribution < 1.29 is 23.1 Å². The summed E-state index contributed by atoms with van der Waals surface area (Å²) in [5.41, 5.74) is 1.22. The predicted molar refractivity (Wildman–Crippen MR) is 106 cm³/mol. The maximum Gasteiger partial charge on any atom is 0.268 e. The van der Waals surface area contributed by atoms with E-state index in [1.807, 2.05) is 0 Å². The number of hydrogen-bond donors (Lipinski definition) is 1. The van der Waals surface area contributed by atoms with Gasteiger partial charge < -0.3 is 15.0 Å². The van der Waals surface area contributed by atoms with Crippen LogP contribution in [0.15, 0.2) is 42.7 Å². The molecule has 2 amide bonds. The zero-order valence-corrected chi connectivity index (χ0v) is 16.6. The van der Waals surface area contributed by atoms with Crippen LogP contribution < -0.4 is 10.1 Å². The Bertz CT molecular complexity index is 1080. The lowest BCUT2D eigenvalue weighted by Gasteiger charge is -2.19. The minimum absolute atomic E-state index is 0.187. The fourth-order valence-corrected chi connectivity index (χ4v) is 3.05. The summed E-state index contributed by atoms with van der Waals surface area (Å²) < 4.78 is 32.1. The summed E-state index contributed by atoms with van der Waals surface area (Å²) in [6, 6.07) is 8.95. The molecule has 1 aliphatic heterocycles. The lowest BCUT2D eigenvalue weighted by molar-refractivity contribution is -0.131. The number of alkyl halides is 2. The van der Waals surface area contributed by atoms with E-state index in [2.05, 4.69) is 22.1 Å². The SMILES string of the molecule is COc1ccc(C#Cc2cnccc2C(=O)NCC(=O)N2CC(F)(F)CC2C#N)cc1. The lowest BCUT2D eigenvalue weighted by Crippen LogP contribution is -2.43. The number of carbonyl (C=O) groups is 2. The number of ether oxygens (including phenoxy) is 1. The second kappa shape index (κ2) is 9.23. The molecule has 1 aromatic heterocycles. The van der Waals surface area contributed by atoms with Gasteiger partial charge in [-0.15, -0.1) is 0 Å². The molecule has 2 aromatic rings. The average Bonchev–Trinajstić information content (AvgIpc) is 3.11. The molecule has 7 nitrogen and oxygen atoms in total. The monoisotopic (exact) mass is 424 g/mol. The van der Waals surface area contributed by atoms with Gasteiger partial charge in [-0.05, 0) is 30.3 Å². The Morgan fingerprint density at radius 3 is 2.71 bits per heavy atom. The fraction of sp³-hybridized carbons (Fsp3) is 0.273. The van der Waals surface area contributed by atoms with Crippen LogP contribution in [0.5, 0.6) is 5.75 Å². The summed E-state index contributed by atoms with van der Waals surface area (Å²) in [6.07, 6.45) is 2.11. The van der Waals surface area contributed by atoms with E-state index in [9.17, 15) is 18.4 Å². The summed E-state index contributed by atoms with van der Waals surface area (Å²) >= 11 is 0. The van der Waals surface area contributed by atoms with Crippen molar-refractivity contribution >= 4 is 11.8 Å². The Balaban J connectivity index is 1.68. The Morgan fingerprint density at radius 1 is 1.29 bits per heavy atom. The highest BCUT2D eigenvalue weighted by Crippen LogP contribution is 2.31. The third kappa shape index (κ3) is 5.34. The van der Waals surface area contributed by atoms with Crippen LogP contribution in [-0.2, 0) is 4.79 Å². The van der Waals surface area contributed by atoms with Gasteiger partial charge in [0.2, 0.25) is 5.91 Å². The second-order valence-electron chi connectivity index (χ2n) is 6.81. The predicted octanol–water partition coefficient (Wildman–Crippen LogP) is 1.98. The average molecular weight is 424 g/mol. The molecule has 0 spiro atoms. The quantitative estimate of drug-likeness (QED) is 0.758. The summed E-state index contributed by atoms with van der Waals surface area (Å²) in [5, 5.41) is 11.4. The minimum atomic E-state index is -3.12. The molecular formula is C22H18F2N4O3. The van der Waals surface area contributed by atoms with Crippen LogP contribution in [0.1, 0.15) is 27.9 Å². The number of amides is 2. The van der Waals surface area contributed by atoms with Crippen LogP contribution in [0, 0.1) is 23.2 Å². The second-order valence-corrected chi connectivity index (χ2v) is 6.81. The largest absolute Gasteiger partial charge is 0.497 e. The van der Waals surface area contributed by atoms with Gasteiger partial charge in [-0.3, -0.25) is 14.6 Å². The standard InChI is InChI=1S/C22H18F2N4O3/c1-31-18-6-3-15(4-7-18)2-5-16-12-26-9-8-19(16)21(30)27-13-20(29)28-14-22(23,24)10-17(28)11-25/h3-4,6-9,12,17H,10,13-14H2,1H3,(H,27,30). The molecule has 2 heterocycles. The molecule has 1 unspecified atom stereocenters. The minimum Gasteiger partial charge on any atom is -0.497 e. The van der Waals surface area contributed by atoms with E-state index in [-0.39, 0.29) is 5.56 Å². The number of benzene rings is 1. The zero-order chi connectivity index (χ0) is 22.4. The Kier molecular flexibility index (Phi) is 6.46. The summed E-state index contributed by atoms with van der Waals surface area (Å²) in [7, 11) is 1.56. The smallest absolute Gasteiger partial charge is 0.268 e. The molecule has 158 valence electrons. The summed E-state index contributed by atoms with van der Waals surface area (Å²) in [6.45, 7) is -1.35. The Labute approximate surface area is 177 Å². The van der Waals surface area contributed by atoms with Crippen molar-refractivity contribution in [2.45, 2.75) is 18.4 Å². The highest BCUT2D eigenvalue weighted by atomic mass is 19.3. The van der Waals surface area contributed by atoms with E-state index in [0.717, 1.165) is 4.90 Å². The number of nitrogens with zero attached hydrogens (tertiary/aromatic N) is 3. The first-order valence-electron chi connectivity index (χ1n) is 9.28. The topological polar surface area (TPSA) is 95.3 Å². The van der Waals surface area contributed by atoms with E-state index < -0.39 is 43.3 Å². The molecule has 1 atom stereocenters. The van der Waals surface area contributed by atoms with Crippen LogP contribution in [0.4, 0.5) is 8.78 Å². The van der Waals surface area contributed by atoms with Crippen molar-refractivity contribution in [1.82, 2.24) is 15.2 Å². The number of nitriles is 1. The highest BCUT2D eigenvalue weighted by molar-refractivity contribution is 5.98. The number of pyridine rings is 1. The first kappa shape index (κ1) is 21.7. The third-order valence-electron chi connectivity index (χ3n) is 4.64. The molecule has 31 heavy (non-hydrogen) atoms. The summed E-state index contributed by atoms with van der Waals surface area (Å²) in [5.74, 6) is 2.00. The number of aromatic nitrogens is 1. The number of nitrogens with one attached hydrogen (secondary N) is 1. The number of likely N-dealkylation sites (tertiary alicyclic amines) is 1. The van der Waals surface area contributed by atoms with Gasteiger partial charge in [0.1, 0.15) is 11.8 Å². The molecule has 0 radical (unpaired) electrons. The number of hydrogen-bond acceptors (Lipinski definition) is 5. The highest BCUT2D eigenvalue weighted by Gasteiger charge is 2.47. The van der Waals surface area contributed by atoms with Crippen LogP contribution in [0.25, 0.3) is 0 Å². The van der Waals surface area contributed by atoms with Gasteiger partial charge in [0.25, 0.3) is 11.8 Å². The lowest BCUT2D eigenvalue weighted by atomic mass is 10.1. The van der Waals surface area contributed by atoms with Gasteiger partial charge in [0.15, 0.2) is 0 Å². The van der Waals surface area contributed by atoms with Gasteiger partial charge in [-0.2, -0.15) is 5.26 Å².